The average molecular weight is 551 g/mol. The van der Waals surface area contributed by atoms with E-state index in [0.29, 0.717) is 19.6 Å². The first-order chi connectivity index (χ1) is 19.2. The van der Waals surface area contributed by atoms with Crippen molar-refractivity contribution < 1.29 is 19.4 Å². The van der Waals surface area contributed by atoms with Gasteiger partial charge < -0.3 is 14.6 Å². The molecule has 0 aromatic rings. The number of esters is 1. The van der Waals surface area contributed by atoms with E-state index in [2.05, 4.69) is 38.2 Å². The van der Waals surface area contributed by atoms with Crippen LogP contribution in [0.4, 0.5) is 0 Å². The Morgan fingerprint density at radius 2 is 1.08 bits per heavy atom. The maximum Gasteiger partial charge on any atom is 0.306 e. The van der Waals surface area contributed by atoms with E-state index in [1.165, 1.54) is 109 Å². The lowest BCUT2D eigenvalue weighted by atomic mass is 10.1. The predicted molar refractivity (Wildman–Crippen MR) is 168 cm³/mol. The zero-order chi connectivity index (χ0) is 28.5. The van der Waals surface area contributed by atoms with Gasteiger partial charge in [-0.25, -0.2) is 0 Å². The second-order valence-electron chi connectivity index (χ2n) is 11.2. The molecule has 4 nitrogen and oxygen atoms in total. The largest absolute Gasteiger partial charge is 0.457 e. The van der Waals surface area contributed by atoms with Crippen molar-refractivity contribution in [2.75, 3.05) is 19.8 Å². The molecule has 0 aromatic heterocycles. The Kier molecular flexibility index (Phi) is 32.1. The van der Waals surface area contributed by atoms with Gasteiger partial charge in [0, 0.05) is 13.0 Å². The zero-order valence-electron chi connectivity index (χ0n) is 26.2. The molecular weight excluding hydrogens is 484 g/mol. The van der Waals surface area contributed by atoms with Gasteiger partial charge in [0.15, 0.2) is 0 Å². The monoisotopic (exact) mass is 550 g/mol. The van der Waals surface area contributed by atoms with Gasteiger partial charge in [-0.3, -0.25) is 4.79 Å². The van der Waals surface area contributed by atoms with Crippen LogP contribution in [-0.2, 0) is 14.3 Å². The highest BCUT2D eigenvalue weighted by Crippen LogP contribution is 2.12. The third-order valence-electron chi connectivity index (χ3n) is 7.28. The smallest absolute Gasteiger partial charge is 0.306 e. The van der Waals surface area contributed by atoms with Crippen LogP contribution < -0.4 is 0 Å². The van der Waals surface area contributed by atoms with Crippen LogP contribution in [0.2, 0.25) is 0 Å². The summed E-state index contributed by atoms with van der Waals surface area (Å²) in [4.78, 5) is 12.1. The summed E-state index contributed by atoms with van der Waals surface area (Å²) in [6, 6.07) is 0. The molecular formula is C35H66O4. The second kappa shape index (κ2) is 33.1. The topological polar surface area (TPSA) is 55.8 Å². The Balaban J connectivity index is 3.47. The molecule has 1 unspecified atom stereocenters. The summed E-state index contributed by atoms with van der Waals surface area (Å²) < 4.78 is 11.1. The van der Waals surface area contributed by atoms with Crippen LogP contribution in [0.5, 0.6) is 0 Å². The molecule has 0 bridgehead atoms. The van der Waals surface area contributed by atoms with Crippen molar-refractivity contribution in [2.24, 2.45) is 0 Å². The molecule has 1 atom stereocenters. The minimum atomic E-state index is -0.534. The summed E-state index contributed by atoms with van der Waals surface area (Å²) in [5.74, 6) is -0.214. The molecule has 0 spiro atoms. The third-order valence-corrected chi connectivity index (χ3v) is 7.28. The molecule has 0 heterocycles. The maximum absolute atomic E-state index is 12.1. The number of carbonyl (C=O) groups is 1. The lowest BCUT2D eigenvalue weighted by Crippen LogP contribution is -2.27. The van der Waals surface area contributed by atoms with Crippen LogP contribution in [-0.4, -0.2) is 37.0 Å². The van der Waals surface area contributed by atoms with Crippen molar-refractivity contribution >= 4 is 5.97 Å². The minimum absolute atomic E-state index is 0.174. The Hall–Kier alpha value is -1.13. The molecule has 0 aliphatic carbocycles. The molecule has 0 aromatic carbocycles. The predicted octanol–water partition coefficient (Wildman–Crippen LogP) is 10.4. The Bertz CT molecular complexity index is 543. The SMILES string of the molecule is CCCCC/C=C\C/C=C\CCCCCCCC(=O)OC(CO)COCCCCCCCCCCCCCC. The van der Waals surface area contributed by atoms with Gasteiger partial charge in [0.05, 0.1) is 13.2 Å². The molecule has 0 amide bonds. The number of aliphatic hydroxyl groups is 1. The van der Waals surface area contributed by atoms with Crippen molar-refractivity contribution in [3.63, 3.8) is 0 Å². The van der Waals surface area contributed by atoms with Crippen molar-refractivity contribution in [1.82, 2.24) is 0 Å². The minimum Gasteiger partial charge on any atom is -0.457 e. The van der Waals surface area contributed by atoms with E-state index < -0.39 is 6.10 Å². The number of hydrogen-bond donors (Lipinski definition) is 1. The van der Waals surface area contributed by atoms with Gasteiger partial charge in [-0.1, -0.05) is 141 Å². The van der Waals surface area contributed by atoms with E-state index in [1.807, 2.05) is 0 Å². The number of allylic oxidation sites excluding steroid dienone is 4. The molecule has 0 saturated carbocycles. The number of ether oxygens (including phenoxy) is 2. The number of unbranched alkanes of at least 4 members (excludes halogenated alkanes) is 19. The van der Waals surface area contributed by atoms with Crippen LogP contribution in [0.15, 0.2) is 24.3 Å². The van der Waals surface area contributed by atoms with Gasteiger partial charge in [0.2, 0.25) is 0 Å². The summed E-state index contributed by atoms with van der Waals surface area (Å²) in [6.45, 7) is 5.31. The Morgan fingerprint density at radius 1 is 0.615 bits per heavy atom. The lowest BCUT2D eigenvalue weighted by Gasteiger charge is -2.15. The number of rotatable bonds is 31. The second-order valence-corrected chi connectivity index (χ2v) is 11.2. The van der Waals surface area contributed by atoms with Gasteiger partial charge in [0.1, 0.15) is 6.10 Å². The average Bonchev–Trinajstić information content (AvgIpc) is 2.94. The van der Waals surface area contributed by atoms with E-state index in [0.717, 1.165) is 38.5 Å². The summed E-state index contributed by atoms with van der Waals surface area (Å²) in [5, 5.41) is 9.52. The standard InChI is InChI=1S/C35H66O4/c1-3-5-7-9-11-13-15-17-18-19-20-22-24-26-28-30-35(37)39-34(32-36)33-38-31-29-27-25-23-21-16-14-12-10-8-6-4-2/h11,13,17-18,34,36H,3-10,12,14-16,19-33H2,1-2H3/b13-11-,18-17-. The van der Waals surface area contributed by atoms with Crippen LogP contribution in [0.1, 0.15) is 168 Å². The van der Waals surface area contributed by atoms with Crippen LogP contribution in [0.3, 0.4) is 0 Å². The van der Waals surface area contributed by atoms with Crippen LogP contribution >= 0.6 is 0 Å². The lowest BCUT2D eigenvalue weighted by molar-refractivity contribution is -0.154. The molecule has 230 valence electrons. The van der Waals surface area contributed by atoms with E-state index in [4.69, 9.17) is 9.47 Å². The fraction of sp³-hybridized carbons (Fsp3) is 0.857. The normalized spacial score (nSPS) is 12.6. The quantitative estimate of drug-likeness (QED) is 0.0530. The molecule has 0 aliphatic rings. The Labute approximate surface area is 243 Å². The molecule has 0 saturated heterocycles. The highest BCUT2D eigenvalue weighted by atomic mass is 16.6. The molecule has 0 radical (unpaired) electrons. The van der Waals surface area contributed by atoms with Crippen LogP contribution in [0, 0.1) is 0 Å². The van der Waals surface area contributed by atoms with E-state index >= 15 is 0 Å². The number of carbonyl (C=O) groups excluding carboxylic acids is 1. The van der Waals surface area contributed by atoms with Gasteiger partial charge >= 0.3 is 5.97 Å². The molecule has 39 heavy (non-hydrogen) atoms. The Morgan fingerprint density at radius 3 is 1.64 bits per heavy atom. The molecule has 0 fully saturated rings. The van der Waals surface area contributed by atoms with Crippen LogP contribution in [0.25, 0.3) is 0 Å². The number of hydrogen-bond acceptors (Lipinski definition) is 4. The summed E-state index contributed by atoms with van der Waals surface area (Å²) >= 11 is 0. The highest BCUT2D eigenvalue weighted by molar-refractivity contribution is 5.69. The van der Waals surface area contributed by atoms with Gasteiger partial charge in [-0.15, -0.1) is 0 Å². The van der Waals surface area contributed by atoms with Gasteiger partial charge in [-0.2, -0.15) is 0 Å². The van der Waals surface area contributed by atoms with Crippen molar-refractivity contribution in [1.29, 1.82) is 0 Å². The summed E-state index contributed by atoms with van der Waals surface area (Å²) in [7, 11) is 0. The third kappa shape index (κ3) is 31.3. The summed E-state index contributed by atoms with van der Waals surface area (Å²) in [5.41, 5.74) is 0. The van der Waals surface area contributed by atoms with Crippen molar-refractivity contribution in [2.45, 2.75) is 174 Å². The van der Waals surface area contributed by atoms with Gasteiger partial charge in [-0.05, 0) is 44.9 Å². The highest BCUT2D eigenvalue weighted by Gasteiger charge is 2.13. The van der Waals surface area contributed by atoms with E-state index in [9.17, 15) is 9.90 Å². The first kappa shape index (κ1) is 37.9. The molecule has 1 N–H and O–H groups in total. The maximum atomic E-state index is 12.1. The fourth-order valence-electron chi connectivity index (χ4n) is 4.71. The number of aliphatic hydroxyl groups excluding tert-OH is 1. The fourth-order valence-corrected chi connectivity index (χ4v) is 4.71. The molecule has 4 heteroatoms. The van der Waals surface area contributed by atoms with Gasteiger partial charge in [0.25, 0.3) is 0 Å². The molecule has 0 aliphatic heterocycles. The van der Waals surface area contributed by atoms with E-state index in [1.54, 1.807) is 0 Å². The zero-order valence-corrected chi connectivity index (χ0v) is 26.2. The first-order valence-electron chi connectivity index (χ1n) is 16.9. The summed E-state index contributed by atoms with van der Waals surface area (Å²) in [6.07, 6.45) is 37.7. The van der Waals surface area contributed by atoms with Crippen molar-refractivity contribution in [3.8, 4) is 0 Å². The first-order valence-corrected chi connectivity index (χ1v) is 16.9. The van der Waals surface area contributed by atoms with Crippen molar-refractivity contribution in [3.05, 3.63) is 24.3 Å². The molecule has 0 rings (SSSR count). The van der Waals surface area contributed by atoms with E-state index in [-0.39, 0.29) is 12.6 Å².